The fraction of sp³-hybridized carbons (Fsp3) is 0.250. The Morgan fingerprint density at radius 1 is 1.47 bits per heavy atom. The molecule has 0 radical (unpaired) electrons. The molecule has 1 aliphatic rings. The highest BCUT2D eigenvalue weighted by Gasteiger charge is 2.11. The zero-order valence-corrected chi connectivity index (χ0v) is 10.1. The standard InChI is InChI=1S/C12H11NS2/c1-2-3-8-14-12-13-11-7-5-4-6-10(11)9-15-12/h4-7H,8-9H2,1H3. The van der Waals surface area contributed by atoms with Gasteiger partial charge < -0.3 is 0 Å². The van der Waals surface area contributed by atoms with Crippen LogP contribution in [0.5, 0.6) is 0 Å². The molecule has 15 heavy (non-hydrogen) atoms. The average molecular weight is 233 g/mol. The summed E-state index contributed by atoms with van der Waals surface area (Å²) < 4.78 is 1.14. The lowest BCUT2D eigenvalue weighted by Crippen LogP contribution is -1.95. The molecule has 3 heteroatoms. The Hall–Kier alpha value is -0.850. The molecule has 2 rings (SSSR count). The molecule has 1 heterocycles. The minimum absolute atomic E-state index is 0.838. The number of thioether (sulfide) groups is 2. The van der Waals surface area contributed by atoms with Gasteiger partial charge in [-0.05, 0) is 18.6 Å². The predicted molar refractivity (Wildman–Crippen MR) is 70.7 cm³/mol. The van der Waals surface area contributed by atoms with Crippen molar-refractivity contribution in [2.75, 3.05) is 5.75 Å². The third-order valence-electron chi connectivity index (χ3n) is 2.00. The molecule has 0 unspecified atom stereocenters. The second kappa shape index (κ2) is 5.29. The van der Waals surface area contributed by atoms with Gasteiger partial charge in [0.15, 0.2) is 0 Å². The number of hydrogen-bond donors (Lipinski definition) is 0. The maximum atomic E-state index is 4.59. The molecule has 0 spiro atoms. The molecule has 0 N–H and O–H groups in total. The molecule has 1 aromatic rings. The highest BCUT2D eigenvalue weighted by Crippen LogP contribution is 2.34. The third kappa shape index (κ3) is 2.80. The van der Waals surface area contributed by atoms with Gasteiger partial charge in [0.1, 0.15) is 4.38 Å². The van der Waals surface area contributed by atoms with E-state index in [2.05, 4.69) is 35.0 Å². The summed E-state index contributed by atoms with van der Waals surface area (Å²) >= 11 is 3.53. The van der Waals surface area contributed by atoms with Crippen LogP contribution in [0.25, 0.3) is 0 Å². The number of nitrogens with zero attached hydrogens (tertiary/aromatic N) is 1. The van der Waals surface area contributed by atoms with E-state index in [-0.39, 0.29) is 0 Å². The van der Waals surface area contributed by atoms with E-state index in [1.54, 1.807) is 23.5 Å². The zero-order valence-electron chi connectivity index (χ0n) is 8.49. The van der Waals surface area contributed by atoms with Crippen LogP contribution in [0, 0.1) is 11.8 Å². The van der Waals surface area contributed by atoms with Gasteiger partial charge in [0.05, 0.1) is 11.4 Å². The Morgan fingerprint density at radius 2 is 2.33 bits per heavy atom. The van der Waals surface area contributed by atoms with Crippen LogP contribution in [0.1, 0.15) is 12.5 Å². The summed E-state index contributed by atoms with van der Waals surface area (Å²) in [6.07, 6.45) is 0. The molecule has 0 saturated heterocycles. The van der Waals surface area contributed by atoms with E-state index in [0.29, 0.717) is 0 Å². The lowest BCUT2D eigenvalue weighted by atomic mass is 10.2. The molecule has 0 amide bonds. The fourth-order valence-electron chi connectivity index (χ4n) is 1.26. The van der Waals surface area contributed by atoms with Crippen LogP contribution in [0.3, 0.4) is 0 Å². The predicted octanol–water partition coefficient (Wildman–Crippen LogP) is 3.68. The first kappa shape index (κ1) is 10.7. The maximum absolute atomic E-state index is 4.59. The lowest BCUT2D eigenvalue weighted by Gasteiger charge is -2.13. The van der Waals surface area contributed by atoms with Crippen molar-refractivity contribution in [1.82, 2.24) is 0 Å². The molecule has 0 saturated carbocycles. The van der Waals surface area contributed by atoms with Gasteiger partial charge >= 0.3 is 0 Å². The monoisotopic (exact) mass is 233 g/mol. The maximum Gasteiger partial charge on any atom is 0.131 e. The molecule has 0 aliphatic carbocycles. The van der Waals surface area contributed by atoms with Crippen LogP contribution in [0.15, 0.2) is 29.3 Å². The van der Waals surface area contributed by atoms with Crippen molar-refractivity contribution in [2.24, 2.45) is 4.99 Å². The van der Waals surface area contributed by atoms with Crippen molar-refractivity contribution >= 4 is 33.6 Å². The van der Waals surface area contributed by atoms with Crippen LogP contribution in [0.4, 0.5) is 5.69 Å². The van der Waals surface area contributed by atoms with E-state index >= 15 is 0 Å². The van der Waals surface area contributed by atoms with Gasteiger partial charge in [0.2, 0.25) is 0 Å². The van der Waals surface area contributed by atoms with Crippen molar-refractivity contribution < 1.29 is 0 Å². The summed E-state index contributed by atoms with van der Waals surface area (Å²) in [5.74, 6) is 7.80. The van der Waals surface area contributed by atoms with Crippen molar-refractivity contribution in [3.05, 3.63) is 29.8 Å². The van der Waals surface area contributed by atoms with Crippen molar-refractivity contribution in [3.8, 4) is 11.8 Å². The van der Waals surface area contributed by atoms with Gasteiger partial charge in [-0.1, -0.05) is 47.6 Å². The van der Waals surface area contributed by atoms with E-state index in [0.717, 1.165) is 21.6 Å². The third-order valence-corrected chi connectivity index (χ3v) is 4.13. The van der Waals surface area contributed by atoms with E-state index in [9.17, 15) is 0 Å². The van der Waals surface area contributed by atoms with Crippen LogP contribution in [-0.2, 0) is 5.75 Å². The first-order valence-corrected chi connectivity index (χ1v) is 6.69. The Morgan fingerprint density at radius 3 is 3.20 bits per heavy atom. The fourth-order valence-corrected chi connectivity index (χ4v) is 3.13. The molecule has 0 fully saturated rings. The van der Waals surface area contributed by atoms with Crippen LogP contribution < -0.4 is 0 Å². The normalized spacial score (nSPS) is 13.5. The van der Waals surface area contributed by atoms with Crippen LogP contribution in [-0.4, -0.2) is 10.1 Å². The Labute approximate surface area is 98.8 Å². The summed E-state index contributed by atoms with van der Waals surface area (Å²) in [5, 5.41) is 0. The summed E-state index contributed by atoms with van der Waals surface area (Å²) in [5.41, 5.74) is 2.44. The lowest BCUT2D eigenvalue weighted by molar-refractivity contribution is 1.36. The summed E-state index contributed by atoms with van der Waals surface area (Å²) in [7, 11) is 0. The number of fused-ring (bicyclic) bond motifs is 1. The van der Waals surface area contributed by atoms with Crippen molar-refractivity contribution in [2.45, 2.75) is 12.7 Å². The first-order valence-electron chi connectivity index (χ1n) is 4.72. The highest BCUT2D eigenvalue weighted by atomic mass is 32.2. The minimum atomic E-state index is 0.838. The van der Waals surface area contributed by atoms with Gasteiger partial charge in [-0.25, -0.2) is 4.99 Å². The number of para-hydroxylation sites is 1. The quantitative estimate of drug-likeness (QED) is 0.686. The molecule has 1 aromatic carbocycles. The number of rotatable bonds is 1. The second-order valence-corrected chi connectivity index (χ2v) is 5.20. The average Bonchev–Trinajstić information content (AvgIpc) is 2.29. The van der Waals surface area contributed by atoms with E-state index < -0.39 is 0 Å². The van der Waals surface area contributed by atoms with E-state index in [1.807, 2.05) is 13.0 Å². The van der Waals surface area contributed by atoms with Gasteiger partial charge in [0.25, 0.3) is 0 Å². The van der Waals surface area contributed by atoms with Crippen molar-refractivity contribution in [1.29, 1.82) is 0 Å². The Bertz CT molecular complexity index is 440. The van der Waals surface area contributed by atoms with Crippen molar-refractivity contribution in [3.63, 3.8) is 0 Å². The van der Waals surface area contributed by atoms with Gasteiger partial charge in [-0.15, -0.1) is 5.92 Å². The van der Waals surface area contributed by atoms with Gasteiger partial charge in [-0.3, -0.25) is 0 Å². The van der Waals surface area contributed by atoms with Gasteiger partial charge in [-0.2, -0.15) is 0 Å². The first-order chi connectivity index (χ1) is 7.40. The Balaban J connectivity index is 2.10. The molecule has 0 atom stereocenters. The molecule has 0 aromatic heterocycles. The molecule has 1 aliphatic heterocycles. The molecule has 76 valence electrons. The van der Waals surface area contributed by atoms with E-state index in [1.165, 1.54) is 5.56 Å². The second-order valence-electron chi connectivity index (χ2n) is 3.01. The molecule has 1 nitrogen and oxygen atoms in total. The smallest absolute Gasteiger partial charge is 0.131 e. The van der Waals surface area contributed by atoms with Crippen LogP contribution >= 0.6 is 23.5 Å². The van der Waals surface area contributed by atoms with Gasteiger partial charge in [0, 0.05) is 5.75 Å². The topological polar surface area (TPSA) is 12.4 Å². The Kier molecular flexibility index (Phi) is 3.76. The number of hydrogen-bond acceptors (Lipinski definition) is 3. The minimum Gasteiger partial charge on any atom is -0.235 e. The summed E-state index contributed by atoms with van der Waals surface area (Å²) in [4.78, 5) is 4.59. The molecular weight excluding hydrogens is 222 g/mol. The molecule has 0 bridgehead atoms. The number of aliphatic imine (C=N–C) groups is 1. The highest BCUT2D eigenvalue weighted by molar-refractivity contribution is 8.38. The zero-order chi connectivity index (χ0) is 10.5. The largest absolute Gasteiger partial charge is 0.235 e. The van der Waals surface area contributed by atoms with E-state index in [4.69, 9.17) is 0 Å². The number of benzene rings is 1. The molecular formula is C12H11NS2. The van der Waals surface area contributed by atoms with Crippen LogP contribution in [0.2, 0.25) is 0 Å². The SMILES string of the molecule is CC#CCSC1=Nc2ccccc2CS1. The summed E-state index contributed by atoms with van der Waals surface area (Å²) in [6, 6.07) is 8.31. The summed E-state index contributed by atoms with van der Waals surface area (Å²) in [6.45, 7) is 1.87.